The van der Waals surface area contributed by atoms with Gasteiger partial charge in [-0.2, -0.15) is 5.10 Å². The van der Waals surface area contributed by atoms with E-state index in [-0.39, 0.29) is 17.1 Å². The van der Waals surface area contributed by atoms with Gasteiger partial charge in [0.25, 0.3) is 5.91 Å². The van der Waals surface area contributed by atoms with Crippen molar-refractivity contribution in [3.05, 3.63) is 46.4 Å². The lowest BCUT2D eigenvalue weighted by Gasteiger charge is -2.05. The van der Waals surface area contributed by atoms with E-state index in [4.69, 9.17) is 17.3 Å². The molecule has 0 bridgehead atoms. The molecule has 100 valence electrons. The Morgan fingerprint density at radius 3 is 2.89 bits per heavy atom. The van der Waals surface area contributed by atoms with Crippen LogP contribution in [-0.4, -0.2) is 15.7 Å². The Balaban J connectivity index is 2.05. The zero-order chi connectivity index (χ0) is 14.0. The number of amides is 1. The molecule has 0 atom stereocenters. The normalized spacial score (nSPS) is 10.5. The maximum Gasteiger partial charge on any atom is 0.251 e. The monoisotopic (exact) mass is 282 g/mol. The highest BCUT2D eigenvalue weighted by molar-refractivity contribution is 6.30. The van der Waals surface area contributed by atoms with E-state index < -0.39 is 11.7 Å². The van der Waals surface area contributed by atoms with Gasteiger partial charge in [0.1, 0.15) is 11.6 Å². The highest BCUT2D eigenvalue weighted by Crippen LogP contribution is 2.16. The molecule has 5 nitrogen and oxygen atoms in total. The maximum absolute atomic E-state index is 13.2. The first-order chi connectivity index (χ1) is 8.99. The van der Waals surface area contributed by atoms with E-state index in [9.17, 15) is 9.18 Å². The van der Waals surface area contributed by atoms with Crippen LogP contribution in [-0.2, 0) is 13.6 Å². The highest BCUT2D eigenvalue weighted by Gasteiger charge is 2.10. The lowest BCUT2D eigenvalue weighted by molar-refractivity contribution is 0.0950. The molecule has 1 aromatic carbocycles. The molecule has 0 aliphatic rings. The fraction of sp³-hybridized carbons (Fsp3) is 0.167. The lowest BCUT2D eigenvalue weighted by Crippen LogP contribution is -2.23. The van der Waals surface area contributed by atoms with Gasteiger partial charge in [-0.15, -0.1) is 0 Å². The zero-order valence-electron chi connectivity index (χ0n) is 10.2. The van der Waals surface area contributed by atoms with E-state index >= 15 is 0 Å². The number of hydrogen-bond donors (Lipinski definition) is 2. The van der Waals surface area contributed by atoms with Crippen molar-refractivity contribution in [2.75, 3.05) is 5.73 Å². The summed E-state index contributed by atoms with van der Waals surface area (Å²) < 4.78 is 14.7. The summed E-state index contributed by atoms with van der Waals surface area (Å²) in [5.41, 5.74) is 6.64. The number of carbonyl (C=O) groups excluding carboxylic acids is 1. The fourth-order valence-corrected chi connectivity index (χ4v) is 1.66. The van der Waals surface area contributed by atoms with E-state index in [2.05, 4.69) is 10.4 Å². The van der Waals surface area contributed by atoms with Gasteiger partial charge in [-0.3, -0.25) is 9.48 Å². The van der Waals surface area contributed by atoms with E-state index in [1.807, 2.05) is 0 Å². The van der Waals surface area contributed by atoms with Crippen molar-refractivity contribution in [1.82, 2.24) is 15.1 Å². The first kappa shape index (κ1) is 13.4. The van der Waals surface area contributed by atoms with Crippen LogP contribution in [0.1, 0.15) is 15.9 Å². The molecule has 7 heteroatoms. The molecule has 19 heavy (non-hydrogen) atoms. The van der Waals surface area contributed by atoms with Gasteiger partial charge in [-0.05, 0) is 18.2 Å². The molecule has 1 aromatic heterocycles. The lowest BCUT2D eigenvalue weighted by atomic mass is 10.2. The Bertz CT molecular complexity index is 626. The van der Waals surface area contributed by atoms with Gasteiger partial charge in [0.05, 0.1) is 11.2 Å². The summed E-state index contributed by atoms with van der Waals surface area (Å²) in [4.78, 5) is 11.8. The molecule has 2 aromatic rings. The van der Waals surface area contributed by atoms with Gasteiger partial charge < -0.3 is 11.1 Å². The number of aryl methyl sites for hydroxylation is 1. The molecule has 1 amide bonds. The summed E-state index contributed by atoms with van der Waals surface area (Å²) in [6, 6.07) is 3.88. The third kappa shape index (κ3) is 2.85. The van der Waals surface area contributed by atoms with Crippen LogP contribution in [0.25, 0.3) is 0 Å². The highest BCUT2D eigenvalue weighted by atomic mass is 35.5. The molecule has 0 unspecified atom stereocenters. The number of rotatable bonds is 3. The molecule has 0 fully saturated rings. The summed E-state index contributed by atoms with van der Waals surface area (Å²) in [6.45, 7) is 0.225. The first-order valence-corrected chi connectivity index (χ1v) is 5.86. The SMILES string of the molecule is Cn1ncc(CNC(=O)c2ccc(Cl)c(F)c2)c1N. The standard InChI is InChI=1S/C12H12ClFN4O/c1-18-11(15)8(6-17-18)5-16-12(19)7-2-3-9(13)10(14)4-7/h2-4,6H,5,15H2,1H3,(H,16,19). The minimum Gasteiger partial charge on any atom is -0.384 e. The van der Waals surface area contributed by atoms with Crippen LogP contribution >= 0.6 is 11.6 Å². The smallest absolute Gasteiger partial charge is 0.251 e. The Kier molecular flexibility index (Phi) is 3.71. The molecule has 2 rings (SSSR count). The van der Waals surface area contributed by atoms with E-state index in [0.29, 0.717) is 11.4 Å². The van der Waals surface area contributed by atoms with Crippen LogP contribution in [0.2, 0.25) is 5.02 Å². The molecule has 0 spiro atoms. The molecular formula is C12H12ClFN4O. The summed E-state index contributed by atoms with van der Waals surface area (Å²) >= 11 is 5.55. The van der Waals surface area contributed by atoms with Gasteiger partial charge >= 0.3 is 0 Å². The zero-order valence-corrected chi connectivity index (χ0v) is 10.9. The van der Waals surface area contributed by atoms with Gasteiger partial charge in [0, 0.05) is 24.7 Å². The van der Waals surface area contributed by atoms with Crippen molar-refractivity contribution in [2.24, 2.45) is 7.05 Å². The van der Waals surface area contributed by atoms with Crippen molar-refractivity contribution in [2.45, 2.75) is 6.54 Å². The second-order valence-corrected chi connectivity index (χ2v) is 4.40. The van der Waals surface area contributed by atoms with Crippen LogP contribution in [0, 0.1) is 5.82 Å². The number of carbonyl (C=O) groups is 1. The van der Waals surface area contributed by atoms with Gasteiger partial charge in [0.15, 0.2) is 0 Å². The summed E-state index contributed by atoms with van der Waals surface area (Å²) in [6.07, 6.45) is 1.57. The summed E-state index contributed by atoms with van der Waals surface area (Å²) in [7, 11) is 1.70. The first-order valence-electron chi connectivity index (χ1n) is 5.48. The van der Waals surface area contributed by atoms with Gasteiger partial charge in [0.2, 0.25) is 0 Å². The minimum absolute atomic E-state index is 0.0203. The van der Waals surface area contributed by atoms with Gasteiger partial charge in [-0.25, -0.2) is 4.39 Å². The number of nitrogen functional groups attached to an aromatic ring is 1. The average Bonchev–Trinajstić information content (AvgIpc) is 2.70. The number of hydrogen-bond acceptors (Lipinski definition) is 3. The van der Waals surface area contributed by atoms with Crippen LogP contribution in [0.15, 0.2) is 24.4 Å². The predicted molar refractivity (Wildman–Crippen MR) is 70.2 cm³/mol. The number of nitrogens with zero attached hydrogens (tertiary/aromatic N) is 2. The van der Waals surface area contributed by atoms with Gasteiger partial charge in [-0.1, -0.05) is 11.6 Å². The van der Waals surface area contributed by atoms with Crippen LogP contribution in [0.3, 0.4) is 0 Å². The van der Waals surface area contributed by atoms with Crippen LogP contribution in [0.5, 0.6) is 0 Å². The molecular weight excluding hydrogens is 271 g/mol. The van der Waals surface area contributed by atoms with E-state index in [1.165, 1.54) is 16.8 Å². The Morgan fingerprint density at radius 1 is 1.58 bits per heavy atom. The Morgan fingerprint density at radius 2 is 2.32 bits per heavy atom. The van der Waals surface area contributed by atoms with Crippen molar-refractivity contribution in [3.63, 3.8) is 0 Å². The molecule has 0 aliphatic carbocycles. The molecule has 0 saturated carbocycles. The van der Waals surface area contributed by atoms with E-state index in [0.717, 1.165) is 6.07 Å². The average molecular weight is 283 g/mol. The second kappa shape index (κ2) is 5.27. The molecule has 1 heterocycles. The topological polar surface area (TPSA) is 72.9 Å². The van der Waals surface area contributed by atoms with Crippen molar-refractivity contribution < 1.29 is 9.18 Å². The van der Waals surface area contributed by atoms with Crippen LogP contribution < -0.4 is 11.1 Å². The van der Waals surface area contributed by atoms with Crippen LogP contribution in [0.4, 0.5) is 10.2 Å². The second-order valence-electron chi connectivity index (χ2n) is 3.99. The number of halogens is 2. The predicted octanol–water partition coefficient (Wildman–Crippen LogP) is 1.72. The summed E-state index contributed by atoms with van der Waals surface area (Å²) in [5.74, 6) is -0.559. The summed E-state index contributed by atoms with van der Waals surface area (Å²) in [5, 5.41) is 6.57. The number of aromatic nitrogens is 2. The largest absolute Gasteiger partial charge is 0.384 e. The molecule has 3 N–H and O–H groups in total. The van der Waals surface area contributed by atoms with E-state index in [1.54, 1.807) is 13.2 Å². The number of benzene rings is 1. The third-order valence-corrected chi connectivity index (χ3v) is 2.99. The molecule has 0 saturated heterocycles. The molecule has 0 radical (unpaired) electrons. The maximum atomic E-state index is 13.2. The quantitative estimate of drug-likeness (QED) is 0.900. The fourth-order valence-electron chi connectivity index (χ4n) is 1.54. The number of anilines is 1. The third-order valence-electron chi connectivity index (χ3n) is 2.69. The number of nitrogens with two attached hydrogens (primary N) is 1. The minimum atomic E-state index is -0.629. The van der Waals surface area contributed by atoms with Crippen molar-refractivity contribution in [3.8, 4) is 0 Å². The molecule has 0 aliphatic heterocycles. The van der Waals surface area contributed by atoms with Crippen molar-refractivity contribution >= 4 is 23.3 Å². The Labute approximate surface area is 114 Å². The van der Waals surface area contributed by atoms with Crippen molar-refractivity contribution in [1.29, 1.82) is 0 Å². The Hall–Kier alpha value is -2.08. The number of nitrogens with one attached hydrogen (secondary N) is 1.